The first-order chi connectivity index (χ1) is 12.6. The van der Waals surface area contributed by atoms with Crippen LogP contribution in [-0.4, -0.2) is 16.6 Å². The molecule has 134 valence electrons. The van der Waals surface area contributed by atoms with Crippen molar-refractivity contribution in [3.8, 4) is 0 Å². The van der Waals surface area contributed by atoms with Gasteiger partial charge >= 0.3 is 0 Å². The Morgan fingerprint density at radius 2 is 1.81 bits per heavy atom. The number of hydrogen-bond acceptors (Lipinski definition) is 2. The summed E-state index contributed by atoms with van der Waals surface area (Å²) in [6, 6.07) is 21.2. The molecule has 1 N–H and O–H groups in total. The third-order valence-electron chi connectivity index (χ3n) is 4.49. The second-order valence-corrected chi connectivity index (χ2v) is 7.88. The molecule has 0 radical (unpaired) electrons. The Kier molecular flexibility index (Phi) is 6.42. The molecule has 26 heavy (non-hydrogen) atoms. The van der Waals surface area contributed by atoms with E-state index in [-0.39, 0.29) is 0 Å². The van der Waals surface area contributed by atoms with Crippen LogP contribution in [0, 0.1) is 13.8 Å². The fraction of sp³-hybridized carbons (Fsp3) is 0.227. The minimum Gasteiger partial charge on any atom is -0.344 e. The molecule has 0 atom stereocenters. The van der Waals surface area contributed by atoms with Crippen LogP contribution < -0.4 is 5.32 Å². The van der Waals surface area contributed by atoms with E-state index in [4.69, 9.17) is 12.2 Å². The van der Waals surface area contributed by atoms with Crippen LogP contribution in [0.1, 0.15) is 21.6 Å². The van der Waals surface area contributed by atoms with E-state index in [1.165, 1.54) is 21.6 Å². The summed E-state index contributed by atoms with van der Waals surface area (Å²) in [7, 11) is 0. The number of rotatable bonds is 6. The zero-order valence-corrected chi connectivity index (χ0v) is 16.9. The summed E-state index contributed by atoms with van der Waals surface area (Å²) >= 11 is 7.51. The van der Waals surface area contributed by atoms with Crippen molar-refractivity contribution >= 4 is 34.4 Å². The SMILES string of the molecule is Cc1ccc(NC(=S)N(CCc2ccccc2)Cc2cccs2)cc1C. The second-order valence-electron chi connectivity index (χ2n) is 6.47. The van der Waals surface area contributed by atoms with Gasteiger partial charge < -0.3 is 10.2 Å². The van der Waals surface area contributed by atoms with E-state index in [9.17, 15) is 0 Å². The van der Waals surface area contributed by atoms with Crippen molar-refractivity contribution in [2.24, 2.45) is 0 Å². The van der Waals surface area contributed by atoms with Crippen molar-refractivity contribution in [1.29, 1.82) is 0 Å². The molecule has 0 aliphatic carbocycles. The molecule has 0 bridgehead atoms. The highest BCUT2D eigenvalue weighted by molar-refractivity contribution is 7.80. The average Bonchev–Trinajstić information content (AvgIpc) is 3.15. The Bertz CT molecular complexity index is 842. The zero-order valence-electron chi connectivity index (χ0n) is 15.2. The van der Waals surface area contributed by atoms with Gasteiger partial charge in [0.1, 0.15) is 0 Å². The molecule has 3 rings (SSSR count). The maximum atomic E-state index is 5.74. The van der Waals surface area contributed by atoms with Gasteiger partial charge in [0.05, 0.1) is 6.54 Å². The predicted octanol–water partition coefficient (Wildman–Crippen LogP) is 5.81. The van der Waals surface area contributed by atoms with E-state index in [1.807, 2.05) is 0 Å². The van der Waals surface area contributed by atoms with Gasteiger partial charge in [0, 0.05) is 17.1 Å². The average molecular weight is 381 g/mol. The van der Waals surface area contributed by atoms with Gasteiger partial charge in [-0.1, -0.05) is 42.5 Å². The Morgan fingerprint density at radius 3 is 2.50 bits per heavy atom. The molecule has 1 heterocycles. The molecule has 0 amide bonds. The molecular weight excluding hydrogens is 356 g/mol. The third kappa shape index (κ3) is 5.16. The van der Waals surface area contributed by atoms with E-state index in [0.717, 1.165) is 30.3 Å². The lowest BCUT2D eigenvalue weighted by atomic mass is 10.1. The molecule has 3 aromatic rings. The maximum absolute atomic E-state index is 5.74. The van der Waals surface area contributed by atoms with Gasteiger partial charge in [0.2, 0.25) is 0 Å². The van der Waals surface area contributed by atoms with Gasteiger partial charge in [-0.25, -0.2) is 0 Å². The molecule has 0 fully saturated rings. The second kappa shape index (κ2) is 8.97. The standard InChI is InChI=1S/C22H24N2S2/c1-17-10-11-20(15-18(17)2)23-22(25)24(16-21-9-6-14-26-21)13-12-19-7-4-3-5-8-19/h3-11,14-15H,12-13,16H2,1-2H3,(H,23,25). The first-order valence-electron chi connectivity index (χ1n) is 8.81. The number of nitrogens with one attached hydrogen (secondary N) is 1. The minimum absolute atomic E-state index is 0.776. The Morgan fingerprint density at radius 1 is 1.00 bits per heavy atom. The number of thiocarbonyl (C=S) groups is 1. The Balaban J connectivity index is 1.70. The highest BCUT2D eigenvalue weighted by Gasteiger charge is 2.12. The summed E-state index contributed by atoms with van der Waals surface area (Å²) in [6.07, 6.45) is 0.973. The van der Waals surface area contributed by atoms with Crippen molar-refractivity contribution in [1.82, 2.24) is 4.90 Å². The van der Waals surface area contributed by atoms with Crippen molar-refractivity contribution in [2.45, 2.75) is 26.8 Å². The predicted molar refractivity (Wildman–Crippen MR) is 117 cm³/mol. The molecule has 0 unspecified atom stereocenters. The van der Waals surface area contributed by atoms with Gasteiger partial charge in [-0.15, -0.1) is 11.3 Å². The lowest BCUT2D eigenvalue weighted by Crippen LogP contribution is -2.35. The van der Waals surface area contributed by atoms with Crippen LogP contribution in [0.2, 0.25) is 0 Å². The van der Waals surface area contributed by atoms with E-state index in [0.29, 0.717) is 0 Å². The molecule has 2 nitrogen and oxygen atoms in total. The van der Waals surface area contributed by atoms with Crippen LogP contribution in [0.4, 0.5) is 5.69 Å². The molecule has 0 aliphatic rings. The van der Waals surface area contributed by atoms with Gasteiger partial charge in [0.15, 0.2) is 5.11 Å². The zero-order chi connectivity index (χ0) is 18.4. The maximum Gasteiger partial charge on any atom is 0.173 e. The summed E-state index contributed by atoms with van der Waals surface area (Å²) in [4.78, 5) is 3.57. The van der Waals surface area contributed by atoms with Crippen molar-refractivity contribution < 1.29 is 0 Å². The van der Waals surface area contributed by atoms with Crippen molar-refractivity contribution in [3.63, 3.8) is 0 Å². The topological polar surface area (TPSA) is 15.3 Å². The van der Waals surface area contributed by atoms with Crippen LogP contribution in [0.15, 0.2) is 66.0 Å². The molecular formula is C22H24N2S2. The summed E-state index contributed by atoms with van der Waals surface area (Å²) in [6.45, 7) is 5.97. The van der Waals surface area contributed by atoms with Crippen LogP contribution >= 0.6 is 23.6 Å². The fourth-order valence-electron chi connectivity index (χ4n) is 2.77. The lowest BCUT2D eigenvalue weighted by molar-refractivity contribution is 0.427. The van der Waals surface area contributed by atoms with Crippen molar-refractivity contribution in [3.05, 3.63) is 87.6 Å². The Hall–Kier alpha value is -2.17. The van der Waals surface area contributed by atoms with Crippen LogP contribution in [0.25, 0.3) is 0 Å². The molecule has 4 heteroatoms. The summed E-state index contributed by atoms with van der Waals surface area (Å²) in [5.74, 6) is 0. The minimum atomic E-state index is 0.776. The van der Waals surface area contributed by atoms with Crippen LogP contribution in [-0.2, 0) is 13.0 Å². The van der Waals surface area contributed by atoms with E-state index in [2.05, 4.69) is 90.1 Å². The lowest BCUT2D eigenvalue weighted by Gasteiger charge is -2.26. The number of nitrogens with zero attached hydrogens (tertiary/aromatic N) is 1. The van der Waals surface area contributed by atoms with Gasteiger partial charge in [-0.3, -0.25) is 0 Å². The number of hydrogen-bond donors (Lipinski definition) is 1. The number of thiophene rings is 1. The van der Waals surface area contributed by atoms with Crippen LogP contribution in [0.3, 0.4) is 0 Å². The number of benzene rings is 2. The van der Waals surface area contributed by atoms with E-state index >= 15 is 0 Å². The monoisotopic (exact) mass is 380 g/mol. The highest BCUT2D eigenvalue weighted by atomic mass is 32.1. The van der Waals surface area contributed by atoms with E-state index < -0.39 is 0 Å². The quantitative estimate of drug-likeness (QED) is 0.544. The summed E-state index contributed by atoms with van der Waals surface area (Å²) in [5.41, 5.74) is 4.94. The largest absolute Gasteiger partial charge is 0.344 e. The van der Waals surface area contributed by atoms with Crippen molar-refractivity contribution in [2.75, 3.05) is 11.9 Å². The first kappa shape index (κ1) is 18.6. The first-order valence-corrected chi connectivity index (χ1v) is 10.1. The fourth-order valence-corrected chi connectivity index (χ4v) is 3.77. The highest BCUT2D eigenvalue weighted by Crippen LogP contribution is 2.17. The smallest absolute Gasteiger partial charge is 0.173 e. The summed E-state index contributed by atoms with van der Waals surface area (Å²) < 4.78 is 0. The molecule has 0 saturated carbocycles. The van der Waals surface area contributed by atoms with Crippen LogP contribution in [0.5, 0.6) is 0 Å². The molecule has 0 spiro atoms. The normalized spacial score (nSPS) is 10.5. The van der Waals surface area contributed by atoms with Gasteiger partial charge in [-0.2, -0.15) is 0 Å². The number of anilines is 1. The molecule has 2 aromatic carbocycles. The molecule has 0 aliphatic heterocycles. The summed E-state index contributed by atoms with van der Waals surface area (Å²) in [5, 5.41) is 6.31. The van der Waals surface area contributed by atoms with E-state index in [1.54, 1.807) is 11.3 Å². The molecule has 1 aromatic heterocycles. The van der Waals surface area contributed by atoms with Gasteiger partial charge in [0.25, 0.3) is 0 Å². The number of aryl methyl sites for hydroxylation is 2. The van der Waals surface area contributed by atoms with Gasteiger partial charge in [-0.05, 0) is 72.8 Å². The Labute approximate surface area is 165 Å². The molecule has 0 saturated heterocycles. The third-order valence-corrected chi connectivity index (χ3v) is 5.71.